The van der Waals surface area contributed by atoms with Gasteiger partial charge in [0.05, 0.1) is 18.9 Å². The quantitative estimate of drug-likeness (QED) is 0.795. The molecular weight excluding hydrogens is 290 g/mol. The summed E-state index contributed by atoms with van der Waals surface area (Å²) in [5.41, 5.74) is 2.37. The van der Waals surface area contributed by atoms with E-state index in [4.69, 9.17) is 9.15 Å². The number of benzene rings is 1. The monoisotopic (exact) mass is 315 g/mol. The molecule has 4 nitrogen and oxygen atoms in total. The van der Waals surface area contributed by atoms with E-state index in [1.807, 2.05) is 39.0 Å². The van der Waals surface area contributed by atoms with Crippen molar-refractivity contribution in [3.05, 3.63) is 53.5 Å². The maximum absolute atomic E-state index is 12.0. The van der Waals surface area contributed by atoms with Gasteiger partial charge in [0.15, 0.2) is 0 Å². The molecule has 0 aliphatic rings. The highest BCUT2D eigenvalue weighted by Crippen LogP contribution is 2.20. The van der Waals surface area contributed by atoms with Gasteiger partial charge in [-0.1, -0.05) is 12.1 Å². The van der Waals surface area contributed by atoms with E-state index in [1.165, 1.54) is 5.56 Å². The van der Waals surface area contributed by atoms with Gasteiger partial charge < -0.3 is 14.5 Å². The van der Waals surface area contributed by atoms with Crippen molar-refractivity contribution in [2.75, 3.05) is 6.61 Å². The third-order valence-corrected chi connectivity index (χ3v) is 3.76. The molecule has 23 heavy (non-hydrogen) atoms. The lowest BCUT2D eigenvalue weighted by Gasteiger charge is -2.12. The molecule has 0 aliphatic carbocycles. The summed E-state index contributed by atoms with van der Waals surface area (Å²) in [5.74, 6) is 1.76. The number of nitrogens with one attached hydrogen (secondary N) is 1. The van der Waals surface area contributed by atoms with E-state index in [0.717, 1.165) is 29.9 Å². The van der Waals surface area contributed by atoms with E-state index >= 15 is 0 Å². The van der Waals surface area contributed by atoms with Gasteiger partial charge in [-0.15, -0.1) is 0 Å². The minimum atomic E-state index is -0.0924. The number of rotatable bonds is 8. The molecule has 1 amide bonds. The second kappa shape index (κ2) is 8.42. The van der Waals surface area contributed by atoms with Crippen LogP contribution in [0.2, 0.25) is 0 Å². The molecule has 0 fully saturated rings. The molecule has 1 atom stereocenters. The molecule has 0 radical (unpaired) electrons. The minimum Gasteiger partial charge on any atom is -0.494 e. The van der Waals surface area contributed by atoms with Crippen molar-refractivity contribution in [1.82, 2.24) is 5.32 Å². The SMILES string of the molecule is CCOc1ccc(CCCC(=O)N[C@@H](C)c2ccco2)cc1C. The predicted octanol–water partition coefficient (Wildman–Crippen LogP) is 4.19. The zero-order chi connectivity index (χ0) is 16.7. The maximum atomic E-state index is 12.0. The smallest absolute Gasteiger partial charge is 0.220 e. The van der Waals surface area contributed by atoms with Crippen LogP contribution in [-0.2, 0) is 11.2 Å². The second-order valence-electron chi connectivity index (χ2n) is 5.69. The number of ether oxygens (including phenoxy) is 1. The number of hydrogen-bond acceptors (Lipinski definition) is 3. The number of amides is 1. The van der Waals surface area contributed by atoms with E-state index in [1.54, 1.807) is 6.26 Å². The number of carbonyl (C=O) groups is 1. The first-order valence-corrected chi connectivity index (χ1v) is 8.15. The fraction of sp³-hybridized carbons (Fsp3) is 0.421. The Morgan fingerprint density at radius 3 is 2.83 bits per heavy atom. The summed E-state index contributed by atoms with van der Waals surface area (Å²) in [5, 5.41) is 2.95. The van der Waals surface area contributed by atoms with Crippen molar-refractivity contribution < 1.29 is 13.9 Å². The zero-order valence-electron chi connectivity index (χ0n) is 14.1. The Labute approximate surface area is 137 Å². The molecule has 1 N–H and O–H groups in total. The lowest BCUT2D eigenvalue weighted by Crippen LogP contribution is -2.26. The van der Waals surface area contributed by atoms with Gasteiger partial charge in [0.2, 0.25) is 5.91 Å². The summed E-state index contributed by atoms with van der Waals surface area (Å²) in [6.07, 6.45) is 3.84. The Bertz CT molecular complexity index is 620. The summed E-state index contributed by atoms with van der Waals surface area (Å²) in [7, 11) is 0. The highest BCUT2D eigenvalue weighted by molar-refractivity contribution is 5.76. The van der Waals surface area contributed by atoms with E-state index in [0.29, 0.717) is 13.0 Å². The molecule has 0 aliphatic heterocycles. The number of carbonyl (C=O) groups excluding carboxylic acids is 1. The van der Waals surface area contributed by atoms with Gasteiger partial charge >= 0.3 is 0 Å². The van der Waals surface area contributed by atoms with Crippen LogP contribution in [0.15, 0.2) is 41.0 Å². The topological polar surface area (TPSA) is 51.5 Å². The molecule has 1 heterocycles. The molecule has 1 aromatic carbocycles. The fourth-order valence-electron chi connectivity index (χ4n) is 2.56. The van der Waals surface area contributed by atoms with Gasteiger partial charge in [-0.05, 0) is 62.9 Å². The van der Waals surface area contributed by atoms with Gasteiger partial charge in [0, 0.05) is 6.42 Å². The molecule has 4 heteroatoms. The minimum absolute atomic E-state index is 0.0524. The predicted molar refractivity (Wildman–Crippen MR) is 90.6 cm³/mol. The molecule has 2 rings (SSSR count). The third-order valence-electron chi connectivity index (χ3n) is 3.76. The van der Waals surface area contributed by atoms with Crippen molar-refractivity contribution in [3.63, 3.8) is 0 Å². The molecule has 0 bridgehead atoms. The molecule has 0 saturated heterocycles. The van der Waals surface area contributed by atoms with E-state index in [-0.39, 0.29) is 11.9 Å². The molecule has 2 aromatic rings. The molecular formula is C19H25NO3. The van der Waals surface area contributed by atoms with Crippen molar-refractivity contribution in [2.45, 2.75) is 46.1 Å². The van der Waals surface area contributed by atoms with Crippen LogP contribution in [0.4, 0.5) is 0 Å². The molecule has 0 unspecified atom stereocenters. The first-order valence-electron chi connectivity index (χ1n) is 8.15. The van der Waals surface area contributed by atoms with E-state index in [2.05, 4.69) is 17.4 Å². The number of aryl methyl sites for hydroxylation is 2. The summed E-state index contributed by atoms with van der Waals surface area (Å²) < 4.78 is 10.8. The lowest BCUT2D eigenvalue weighted by molar-refractivity contribution is -0.121. The van der Waals surface area contributed by atoms with Crippen LogP contribution in [-0.4, -0.2) is 12.5 Å². The van der Waals surface area contributed by atoms with E-state index in [9.17, 15) is 4.79 Å². The first kappa shape index (κ1) is 17.1. The number of furan rings is 1. The normalized spacial score (nSPS) is 12.0. The lowest BCUT2D eigenvalue weighted by atomic mass is 10.0. The Hall–Kier alpha value is -2.23. The van der Waals surface area contributed by atoms with Crippen molar-refractivity contribution in [2.24, 2.45) is 0 Å². The van der Waals surface area contributed by atoms with Crippen LogP contribution in [0.1, 0.15) is 49.6 Å². The van der Waals surface area contributed by atoms with Crippen molar-refractivity contribution >= 4 is 5.91 Å². The standard InChI is InChI=1S/C19H25NO3/c1-4-22-17-11-10-16(13-14(17)2)7-5-9-19(21)20-15(3)18-8-6-12-23-18/h6,8,10-13,15H,4-5,7,9H2,1-3H3,(H,20,21)/t15-/m0/s1. The summed E-state index contributed by atoms with van der Waals surface area (Å²) in [6, 6.07) is 9.81. The van der Waals surface area contributed by atoms with Crippen LogP contribution >= 0.6 is 0 Å². The average molecular weight is 315 g/mol. The van der Waals surface area contributed by atoms with Crippen LogP contribution in [0.3, 0.4) is 0 Å². The Morgan fingerprint density at radius 1 is 1.35 bits per heavy atom. The fourth-order valence-corrected chi connectivity index (χ4v) is 2.56. The van der Waals surface area contributed by atoms with Crippen molar-refractivity contribution in [3.8, 4) is 5.75 Å². The van der Waals surface area contributed by atoms with Crippen LogP contribution in [0.5, 0.6) is 5.75 Å². The highest BCUT2D eigenvalue weighted by atomic mass is 16.5. The molecule has 0 saturated carbocycles. The zero-order valence-corrected chi connectivity index (χ0v) is 14.1. The van der Waals surface area contributed by atoms with Crippen molar-refractivity contribution in [1.29, 1.82) is 0 Å². The van der Waals surface area contributed by atoms with Crippen LogP contribution in [0, 0.1) is 6.92 Å². The Balaban J connectivity index is 1.76. The van der Waals surface area contributed by atoms with Crippen LogP contribution in [0.25, 0.3) is 0 Å². The van der Waals surface area contributed by atoms with Gasteiger partial charge in [0.25, 0.3) is 0 Å². The Morgan fingerprint density at radius 2 is 2.17 bits per heavy atom. The number of hydrogen-bond donors (Lipinski definition) is 1. The molecule has 0 spiro atoms. The van der Waals surface area contributed by atoms with E-state index < -0.39 is 0 Å². The van der Waals surface area contributed by atoms with Gasteiger partial charge in [-0.2, -0.15) is 0 Å². The van der Waals surface area contributed by atoms with Gasteiger partial charge in [-0.3, -0.25) is 4.79 Å². The largest absolute Gasteiger partial charge is 0.494 e. The summed E-state index contributed by atoms with van der Waals surface area (Å²) >= 11 is 0. The summed E-state index contributed by atoms with van der Waals surface area (Å²) in [4.78, 5) is 12.0. The van der Waals surface area contributed by atoms with Crippen LogP contribution < -0.4 is 10.1 Å². The molecule has 1 aromatic heterocycles. The first-order chi connectivity index (χ1) is 11.1. The Kier molecular flexibility index (Phi) is 6.27. The molecule has 124 valence electrons. The maximum Gasteiger partial charge on any atom is 0.220 e. The highest BCUT2D eigenvalue weighted by Gasteiger charge is 2.11. The van der Waals surface area contributed by atoms with Gasteiger partial charge in [-0.25, -0.2) is 0 Å². The second-order valence-corrected chi connectivity index (χ2v) is 5.69. The average Bonchev–Trinajstić information content (AvgIpc) is 3.04. The third kappa shape index (κ3) is 5.16. The van der Waals surface area contributed by atoms with Gasteiger partial charge in [0.1, 0.15) is 11.5 Å². The summed E-state index contributed by atoms with van der Waals surface area (Å²) in [6.45, 7) is 6.63.